The van der Waals surface area contributed by atoms with E-state index in [0.717, 1.165) is 33.9 Å². The van der Waals surface area contributed by atoms with E-state index in [9.17, 15) is 5.11 Å². The molecule has 0 bridgehead atoms. The highest BCUT2D eigenvalue weighted by Crippen LogP contribution is 2.40. The van der Waals surface area contributed by atoms with Crippen molar-refractivity contribution < 1.29 is 5.11 Å². The fraction of sp³-hybridized carbons (Fsp3) is 0.167. The molecule has 3 aromatic rings. The zero-order chi connectivity index (χ0) is 17.1. The fourth-order valence-corrected chi connectivity index (χ4v) is 4.00. The van der Waals surface area contributed by atoms with Crippen molar-refractivity contribution in [2.45, 2.75) is 12.8 Å². The number of halogens is 2. The number of hydrogen-bond donors (Lipinski definition) is 2. The van der Waals surface area contributed by atoms with Gasteiger partial charge < -0.3 is 19.9 Å². The van der Waals surface area contributed by atoms with Crippen LogP contribution in [0.4, 0.5) is 5.69 Å². The molecular weight excluding hydrogens is 359 g/mol. The highest BCUT2D eigenvalue weighted by atomic mass is 35.5. The molecule has 0 spiro atoms. The largest absolute Gasteiger partial charge is 0.386 e. The number of fused-ring (bicyclic) bond motifs is 4. The number of β-amino-alcohol motifs (C(OH)–C–C–N with tert-alkyl or cyclic N) is 1. The summed E-state index contributed by atoms with van der Waals surface area (Å²) in [5.41, 5.74) is 3.52. The summed E-state index contributed by atoms with van der Waals surface area (Å²) in [6.45, 7) is 0.983. The third-order valence-corrected chi connectivity index (χ3v) is 5.27. The summed E-state index contributed by atoms with van der Waals surface area (Å²) in [6, 6.07) is 13.3. The van der Waals surface area contributed by atoms with Crippen LogP contribution in [0.5, 0.6) is 0 Å². The summed E-state index contributed by atoms with van der Waals surface area (Å²) in [5.74, 6) is 1.63. The van der Waals surface area contributed by atoms with Gasteiger partial charge in [-0.3, -0.25) is 0 Å². The first kappa shape index (κ1) is 15.1. The van der Waals surface area contributed by atoms with Gasteiger partial charge in [-0.25, -0.2) is 4.98 Å². The standard InChI is InChI=1S/C18H14Cl2N4O/c19-10-5-6-11(20)14(7-10)23-8-15(25)16-17(23)21-9-24-13-4-2-1-3-12(13)22-18(16)24/h1-7,15,21,25H,8-9H2/t15-/m0/s1. The van der Waals surface area contributed by atoms with Crippen LogP contribution < -0.4 is 10.2 Å². The van der Waals surface area contributed by atoms with Crippen LogP contribution >= 0.6 is 23.2 Å². The van der Waals surface area contributed by atoms with Gasteiger partial charge in [0, 0.05) is 5.02 Å². The lowest BCUT2D eigenvalue weighted by atomic mass is 10.1. The lowest BCUT2D eigenvalue weighted by Gasteiger charge is -2.27. The van der Waals surface area contributed by atoms with E-state index in [1.54, 1.807) is 12.1 Å². The van der Waals surface area contributed by atoms with Crippen LogP contribution in [0, 0.1) is 0 Å². The third kappa shape index (κ3) is 2.16. The number of anilines is 1. The maximum absolute atomic E-state index is 10.7. The van der Waals surface area contributed by atoms with Gasteiger partial charge in [0.1, 0.15) is 17.7 Å². The number of nitrogens with one attached hydrogen (secondary N) is 1. The molecule has 1 atom stereocenters. The van der Waals surface area contributed by atoms with E-state index in [-0.39, 0.29) is 0 Å². The van der Waals surface area contributed by atoms with Crippen molar-refractivity contribution in [3.05, 3.63) is 64.2 Å². The highest BCUT2D eigenvalue weighted by Gasteiger charge is 2.38. The molecule has 0 aliphatic carbocycles. The van der Waals surface area contributed by atoms with E-state index >= 15 is 0 Å². The first-order valence-corrected chi connectivity index (χ1v) is 8.73. The van der Waals surface area contributed by atoms with Gasteiger partial charge in [0.15, 0.2) is 0 Å². The molecule has 5 rings (SSSR count). The molecule has 5 nitrogen and oxygen atoms in total. The Morgan fingerprint density at radius 1 is 1.16 bits per heavy atom. The van der Waals surface area contributed by atoms with Crippen molar-refractivity contribution in [2.24, 2.45) is 0 Å². The van der Waals surface area contributed by atoms with Gasteiger partial charge >= 0.3 is 0 Å². The molecule has 2 aromatic carbocycles. The predicted molar refractivity (Wildman–Crippen MR) is 99.6 cm³/mol. The Kier molecular flexibility index (Phi) is 3.25. The number of rotatable bonds is 1. The fourth-order valence-electron chi connectivity index (χ4n) is 3.61. The number of nitrogens with zero attached hydrogens (tertiary/aromatic N) is 3. The van der Waals surface area contributed by atoms with Crippen molar-refractivity contribution in [1.82, 2.24) is 14.9 Å². The predicted octanol–water partition coefficient (Wildman–Crippen LogP) is 3.45. The van der Waals surface area contributed by atoms with Gasteiger partial charge in [-0.1, -0.05) is 35.3 Å². The van der Waals surface area contributed by atoms with Crippen LogP contribution in [0.25, 0.3) is 16.6 Å². The van der Waals surface area contributed by atoms with Crippen LogP contribution in [-0.4, -0.2) is 27.3 Å². The molecule has 0 fully saturated rings. The molecule has 0 unspecified atom stereocenters. The molecule has 25 heavy (non-hydrogen) atoms. The zero-order valence-electron chi connectivity index (χ0n) is 13.1. The average Bonchev–Trinajstić information content (AvgIpc) is 3.15. The van der Waals surface area contributed by atoms with Crippen LogP contribution in [0.1, 0.15) is 5.82 Å². The molecule has 0 saturated heterocycles. The van der Waals surface area contributed by atoms with E-state index in [1.165, 1.54) is 0 Å². The highest BCUT2D eigenvalue weighted by molar-refractivity contribution is 6.35. The number of para-hydroxylation sites is 2. The van der Waals surface area contributed by atoms with E-state index in [0.29, 0.717) is 23.3 Å². The molecule has 0 amide bonds. The molecule has 2 aliphatic rings. The molecule has 3 heterocycles. The smallest absolute Gasteiger partial charge is 0.144 e. The Morgan fingerprint density at radius 3 is 2.88 bits per heavy atom. The number of imidazole rings is 1. The Hall–Kier alpha value is -2.21. The molecule has 2 aliphatic heterocycles. The zero-order valence-corrected chi connectivity index (χ0v) is 14.6. The SMILES string of the molecule is O[C@H]1CN(c2cc(Cl)ccc2Cl)C2=C1c1nc3ccccc3n1CN2. The van der Waals surface area contributed by atoms with Crippen LogP contribution in [0.3, 0.4) is 0 Å². The topological polar surface area (TPSA) is 53.3 Å². The Morgan fingerprint density at radius 2 is 2.00 bits per heavy atom. The molecule has 126 valence electrons. The first-order valence-electron chi connectivity index (χ1n) is 7.98. The second kappa shape index (κ2) is 5.39. The minimum Gasteiger partial charge on any atom is -0.386 e. The molecule has 7 heteroatoms. The summed E-state index contributed by atoms with van der Waals surface area (Å²) in [7, 11) is 0. The van der Waals surface area contributed by atoms with Crippen molar-refractivity contribution in [1.29, 1.82) is 0 Å². The van der Waals surface area contributed by atoms with E-state index in [4.69, 9.17) is 28.2 Å². The maximum Gasteiger partial charge on any atom is 0.144 e. The molecular formula is C18H14Cl2N4O. The Bertz CT molecular complexity index is 1040. The van der Waals surface area contributed by atoms with Crippen molar-refractivity contribution in [2.75, 3.05) is 11.4 Å². The molecule has 0 saturated carbocycles. The Labute approximate surface area is 154 Å². The van der Waals surface area contributed by atoms with E-state index in [1.807, 2.05) is 35.2 Å². The third-order valence-electron chi connectivity index (χ3n) is 4.71. The normalized spacial score (nSPS) is 19.2. The lowest BCUT2D eigenvalue weighted by molar-refractivity contribution is 0.246. The van der Waals surface area contributed by atoms with Gasteiger partial charge in [-0.05, 0) is 30.3 Å². The van der Waals surface area contributed by atoms with Crippen LogP contribution in [0.2, 0.25) is 10.0 Å². The van der Waals surface area contributed by atoms with Crippen molar-refractivity contribution >= 4 is 45.5 Å². The molecule has 1 aromatic heterocycles. The summed E-state index contributed by atoms with van der Waals surface area (Å²) >= 11 is 12.5. The summed E-state index contributed by atoms with van der Waals surface area (Å²) in [4.78, 5) is 6.70. The number of aliphatic hydroxyl groups excluding tert-OH is 1. The van der Waals surface area contributed by atoms with Crippen LogP contribution in [-0.2, 0) is 6.67 Å². The number of benzene rings is 2. The Balaban J connectivity index is 1.69. The van der Waals surface area contributed by atoms with Gasteiger partial charge in [0.05, 0.1) is 40.5 Å². The molecule has 2 N–H and O–H groups in total. The van der Waals surface area contributed by atoms with Gasteiger partial charge in [-0.2, -0.15) is 0 Å². The average molecular weight is 373 g/mol. The second-order valence-electron chi connectivity index (χ2n) is 6.17. The van der Waals surface area contributed by atoms with Gasteiger partial charge in [0.2, 0.25) is 0 Å². The number of aromatic nitrogens is 2. The minimum atomic E-state index is -0.659. The monoisotopic (exact) mass is 372 g/mol. The summed E-state index contributed by atoms with van der Waals surface area (Å²) < 4.78 is 2.08. The first-order chi connectivity index (χ1) is 12.1. The number of aliphatic hydroxyl groups is 1. The molecule has 0 radical (unpaired) electrons. The second-order valence-corrected chi connectivity index (χ2v) is 7.02. The van der Waals surface area contributed by atoms with E-state index in [2.05, 4.69) is 9.88 Å². The quantitative estimate of drug-likeness (QED) is 0.686. The van der Waals surface area contributed by atoms with E-state index < -0.39 is 6.10 Å². The maximum atomic E-state index is 10.7. The summed E-state index contributed by atoms with van der Waals surface area (Å²) in [5, 5.41) is 15.3. The van der Waals surface area contributed by atoms with Crippen molar-refractivity contribution in [3.8, 4) is 0 Å². The van der Waals surface area contributed by atoms with Crippen LogP contribution in [0.15, 0.2) is 48.3 Å². The van der Waals surface area contributed by atoms with Crippen molar-refractivity contribution in [3.63, 3.8) is 0 Å². The summed E-state index contributed by atoms with van der Waals surface area (Å²) in [6.07, 6.45) is -0.659. The van der Waals surface area contributed by atoms with Gasteiger partial charge in [0.25, 0.3) is 0 Å². The number of hydrogen-bond acceptors (Lipinski definition) is 4. The minimum absolute atomic E-state index is 0.404. The lowest BCUT2D eigenvalue weighted by Crippen LogP contribution is -2.33. The van der Waals surface area contributed by atoms with Gasteiger partial charge in [-0.15, -0.1) is 0 Å².